The van der Waals surface area contributed by atoms with Gasteiger partial charge in [0, 0.05) is 17.2 Å². The summed E-state index contributed by atoms with van der Waals surface area (Å²) in [4.78, 5) is 24.6. The molecule has 6 nitrogen and oxygen atoms in total. The summed E-state index contributed by atoms with van der Waals surface area (Å²) in [7, 11) is 2.84. The number of nitrogens with zero attached hydrogens (tertiary/aromatic N) is 1. The van der Waals surface area contributed by atoms with Gasteiger partial charge in [0.05, 0.1) is 19.8 Å². The number of methoxy groups -OCH3 is 2. The zero-order valence-electron chi connectivity index (χ0n) is 15.8. The van der Waals surface area contributed by atoms with Crippen molar-refractivity contribution in [2.24, 2.45) is 0 Å². The van der Waals surface area contributed by atoms with Crippen LogP contribution in [0.5, 0.6) is 5.75 Å². The Labute approximate surface area is 167 Å². The minimum Gasteiger partial charge on any atom is -0.497 e. The predicted octanol–water partition coefficient (Wildman–Crippen LogP) is 4.53. The molecule has 0 aliphatic heterocycles. The number of esters is 1. The van der Waals surface area contributed by atoms with Crippen LogP contribution in [0.15, 0.2) is 70.7 Å². The molecule has 2 aromatic carbocycles. The van der Waals surface area contributed by atoms with Crippen LogP contribution >= 0.6 is 0 Å². The molecule has 1 aromatic heterocycles. The van der Waals surface area contributed by atoms with E-state index < -0.39 is 11.8 Å². The molecule has 0 spiro atoms. The van der Waals surface area contributed by atoms with E-state index in [9.17, 15) is 14.9 Å². The summed E-state index contributed by atoms with van der Waals surface area (Å²) in [6.45, 7) is 0. The van der Waals surface area contributed by atoms with Gasteiger partial charge in [0.15, 0.2) is 0 Å². The first-order chi connectivity index (χ1) is 14.1. The lowest BCUT2D eigenvalue weighted by atomic mass is 10.0. The summed E-state index contributed by atoms with van der Waals surface area (Å²) in [5.74, 6) is 0.443. The molecule has 0 amide bonds. The Balaban J connectivity index is 1.91. The van der Waals surface area contributed by atoms with E-state index in [1.54, 1.807) is 60.7 Å². The first-order valence-corrected chi connectivity index (χ1v) is 8.65. The lowest BCUT2D eigenvalue weighted by molar-refractivity contribution is 0.0601. The number of ether oxygens (including phenoxy) is 2. The van der Waals surface area contributed by atoms with E-state index in [2.05, 4.69) is 0 Å². The fraction of sp³-hybridized carbons (Fsp3) is 0.0870. The number of carbonyl (C=O) groups is 2. The van der Waals surface area contributed by atoms with Crippen molar-refractivity contribution >= 4 is 17.8 Å². The monoisotopic (exact) mass is 387 g/mol. The maximum Gasteiger partial charge on any atom is 0.338 e. The third-order valence-electron chi connectivity index (χ3n) is 4.23. The Morgan fingerprint density at radius 1 is 1.00 bits per heavy atom. The summed E-state index contributed by atoms with van der Waals surface area (Å²) in [6.07, 6.45) is 1.37. The number of nitriles is 1. The largest absolute Gasteiger partial charge is 0.497 e. The van der Waals surface area contributed by atoms with Gasteiger partial charge in [-0.25, -0.2) is 4.79 Å². The molecule has 1 heterocycles. The average molecular weight is 387 g/mol. The minimum atomic E-state index is -0.485. The number of furan rings is 1. The van der Waals surface area contributed by atoms with Gasteiger partial charge in [-0.2, -0.15) is 5.26 Å². The van der Waals surface area contributed by atoms with Gasteiger partial charge in [0.1, 0.15) is 28.9 Å². The first-order valence-electron chi connectivity index (χ1n) is 8.65. The van der Waals surface area contributed by atoms with E-state index in [1.807, 2.05) is 6.07 Å². The highest BCUT2D eigenvalue weighted by Crippen LogP contribution is 2.27. The van der Waals surface area contributed by atoms with Crippen molar-refractivity contribution < 1.29 is 23.5 Å². The van der Waals surface area contributed by atoms with Crippen LogP contribution < -0.4 is 4.74 Å². The molecule has 0 unspecified atom stereocenters. The maximum absolute atomic E-state index is 12.6. The number of allylic oxidation sites excluding steroid dienone is 1. The summed E-state index contributed by atoms with van der Waals surface area (Å²) in [6, 6.07) is 18.5. The summed E-state index contributed by atoms with van der Waals surface area (Å²) in [5.41, 5.74) is 1.20. The second-order valence-electron chi connectivity index (χ2n) is 5.97. The van der Waals surface area contributed by atoms with Crippen LogP contribution in [-0.4, -0.2) is 26.0 Å². The third-order valence-corrected chi connectivity index (χ3v) is 4.23. The van der Waals surface area contributed by atoms with Gasteiger partial charge in [-0.15, -0.1) is 0 Å². The van der Waals surface area contributed by atoms with Crippen molar-refractivity contribution in [2.75, 3.05) is 14.2 Å². The number of ketones is 1. The quantitative estimate of drug-likeness (QED) is 0.267. The molecule has 0 aliphatic rings. The van der Waals surface area contributed by atoms with Crippen molar-refractivity contribution in [1.82, 2.24) is 0 Å². The van der Waals surface area contributed by atoms with Gasteiger partial charge >= 0.3 is 5.97 Å². The molecule has 0 saturated heterocycles. The Hall–Kier alpha value is -4.11. The molecular formula is C23H17NO5. The molecule has 0 saturated carbocycles. The van der Waals surface area contributed by atoms with Gasteiger partial charge in [0.2, 0.25) is 5.78 Å². The van der Waals surface area contributed by atoms with Crippen molar-refractivity contribution in [1.29, 1.82) is 5.26 Å². The van der Waals surface area contributed by atoms with Crippen LogP contribution in [-0.2, 0) is 4.74 Å². The minimum absolute atomic E-state index is 0.0719. The van der Waals surface area contributed by atoms with Crippen LogP contribution in [0.3, 0.4) is 0 Å². The number of carbonyl (C=O) groups excluding carboxylic acids is 2. The Kier molecular flexibility index (Phi) is 5.91. The Bertz CT molecular complexity index is 1120. The van der Waals surface area contributed by atoms with Gasteiger partial charge in [-0.05, 0) is 42.5 Å². The summed E-state index contributed by atoms with van der Waals surface area (Å²) < 4.78 is 15.6. The molecule has 0 radical (unpaired) electrons. The Morgan fingerprint density at radius 2 is 1.72 bits per heavy atom. The van der Waals surface area contributed by atoms with Gasteiger partial charge in [0.25, 0.3) is 0 Å². The summed E-state index contributed by atoms with van der Waals surface area (Å²) in [5, 5.41) is 9.43. The van der Waals surface area contributed by atoms with Crippen molar-refractivity contribution in [2.45, 2.75) is 0 Å². The van der Waals surface area contributed by atoms with E-state index in [-0.39, 0.29) is 5.57 Å². The van der Waals surface area contributed by atoms with Gasteiger partial charge < -0.3 is 13.9 Å². The SMILES string of the molecule is COC(=O)c1ccccc1-c1ccc(/C=C(\C#N)C(=O)c2ccc(OC)cc2)o1. The van der Waals surface area contributed by atoms with Crippen molar-refractivity contribution in [3.8, 4) is 23.1 Å². The second-order valence-corrected chi connectivity index (χ2v) is 5.97. The number of hydrogen-bond donors (Lipinski definition) is 0. The molecule has 3 rings (SSSR count). The smallest absolute Gasteiger partial charge is 0.338 e. The lowest BCUT2D eigenvalue weighted by Gasteiger charge is -2.04. The van der Waals surface area contributed by atoms with E-state index in [4.69, 9.17) is 13.9 Å². The average Bonchev–Trinajstić information content (AvgIpc) is 3.25. The standard InChI is InChI=1S/C23H17NO5/c1-27-17-9-7-15(8-10-17)22(25)16(14-24)13-18-11-12-21(29-18)19-5-3-4-6-20(19)23(26)28-2/h3-13H,1-2H3/b16-13+. The van der Waals surface area contributed by atoms with Crippen LogP contribution in [0.1, 0.15) is 26.5 Å². The highest BCUT2D eigenvalue weighted by molar-refractivity contribution is 6.14. The molecular weight excluding hydrogens is 370 g/mol. The van der Waals surface area contributed by atoms with E-state index in [1.165, 1.54) is 20.3 Å². The normalized spacial score (nSPS) is 10.9. The topological polar surface area (TPSA) is 89.5 Å². The van der Waals surface area contributed by atoms with Gasteiger partial charge in [-0.1, -0.05) is 18.2 Å². The van der Waals surface area contributed by atoms with E-state index in [0.29, 0.717) is 34.0 Å². The fourth-order valence-corrected chi connectivity index (χ4v) is 2.75. The highest BCUT2D eigenvalue weighted by atomic mass is 16.5. The highest BCUT2D eigenvalue weighted by Gasteiger charge is 2.17. The van der Waals surface area contributed by atoms with Gasteiger partial charge in [-0.3, -0.25) is 4.79 Å². The first kappa shape index (κ1) is 19.6. The number of benzene rings is 2. The maximum atomic E-state index is 12.6. The Morgan fingerprint density at radius 3 is 2.38 bits per heavy atom. The molecule has 0 atom stereocenters. The number of hydrogen-bond acceptors (Lipinski definition) is 6. The third kappa shape index (κ3) is 4.25. The summed E-state index contributed by atoms with van der Waals surface area (Å²) >= 11 is 0. The van der Waals surface area contributed by atoms with Crippen molar-refractivity contribution in [3.63, 3.8) is 0 Å². The van der Waals surface area contributed by atoms with Crippen LogP contribution in [0.4, 0.5) is 0 Å². The number of Topliss-reactive ketones (excluding diaryl/α,β-unsaturated/α-hetero) is 1. The second kappa shape index (κ2) is 8.72. The molecule has 3 aromatic rings. The van der Waals surface area contributed by atoms with Crippen LogP contribution in [0.2, 0.25) is 0 Å². The molecule has 144 valence electrons. The zero-order chi connectivity index (χ0) is 20.8. The van der Waals surface area contributed by atoms with E-state index in [0.717, 1.165) is 0 Å². The fourth-order valence-electron chi connectivity index (χ4n) is 2.75. The molecule has 0 aliphatic carbocycles. The molecule has 6 heteroatoms. The van der Waals surface area contributed by atoms with E-state index >= 15 is 0 Å². The molecule has 0 fully saturated rings. The molecule has 0 bridgehead atoms. The lowest BCUT2D eigenvalue weighted by Crippen LogP contribution is -2.02. The van der Waals surface area contributed by atoms with Crippen LogP contribution in [0.25, 0.3) is 17.4 Å². The molecule has 0 N–H and O–H groups in total. The molecule has 29 heavy (non-hydrogen) atoms. The van der Waals surface area contributed by atoms with Crippen LogP contribution in [0, 0.1) is 11.3 Å². The van der Waals surface area contributed by atoms with Crippen molar-refractivity contribution in [3.05, 3.63) is 83.1 Å². The predicted molar refractivity (Wildman–Crippen MR) is 106 cm³/mol. The number of rotatable bonds is 6. The zero-order valence-corrected chi connectivity index (χ0v) is 15.8.